The first-order valence-electron chi connectivity index (χ1n) is 3.53. The van der Waals surface area contributed by atoms with E-state index in [2.05, 4.69) is 12.6 Å². The first kappa shape index (κ1) is 9.13. The van der Waals surface area contributed by atoms with Crippen molar-refractivity contribution >= 4 is 18.4 Å². The van der Waals surface area contributed by atoms with E-state index in [1.807, 2.05) is 0 Å². The van der Waals surface area contributed by atoms with E-state index in [1.165, 1.54) is 14.0 Å². The highest BCUT2D eigenvalue weighted by atomic mass is 32.1. The lowest BCUT2D eigenvalue weighted by Gasteiger charge is -2.06. The fraction of sp³-hybridized carbons (Fsp3) is 0.222. The fourth-order valence-electron chi connectivity index (χ4n) is 1.04. The third kappa shape index (κ3) is 1.61. The molecule has 0 fully saturated rings. The Morgan fingerprint density at radius 3 is 2.58 bits per heavy atom. The van der Waals surface area contributed by atoms with Gasteiger partial charge in [0, 0.05) is 4.90 Å². The van der Waals surface area contributed by atoms with Crippen LogP contribution in [0.25, 0.3) is 0 Å². The van der Waals surface area contributed by atoms with Crippen LogP contribution in [0.4, 0.5) is 0 Å². The molecule has 0 aliphatic heterocycles. The molecule has 0 unspecified atom stereocenters. The molecule has 0 aliphatic rings. The maximum absolute atomic E-state index is 11.1. The summed E-state index contributed by atoms with van der Waals surface area (Å²) in [6.07, 6.45) is 0. The predicted molar refractivity (Wildman–Crippen MR) is 50.3 cm³/mol. The van der Waals surface area contributed by atoms with Gasteiger partial charge in [-0.2, -0.15) is 0 Å². The van der Waals surface area contributed by atoms with Crippen LogP contribution in [0.1, 0.15) is 17.3 Å². The van der Waals surface area contributed by atoms with Crippen molar-refractivity contribution in [2.75, 3.05) is 7.11 Å². The lowest BCUT2D eigenvalue weighted by molar-refractivity contribution is 0.101. The van der Waals surface area contributed by atoms with Gasteiger partial charge >= 0.3 is 0 Å². The maximum Gasteiger partial charge on any atom is 0.164 e. The molecule has 1 aromatic rings. The molecule has 0 saturated heterocycles. The molecule has 3 heteroatoms. The molecule has 0 amide bonds. The molecule has 64 valence electrons. The average Bonchev–Trinajstić information content (AvgIpc) is 2.03. The Balaban J connectivity index is 3.29. The number of ketones is 1. The Labute approximate surface area is 77.0 Å². The predicted octanol–water partition coefficient (Wildman–Crippen LogP) is 2.19. The topological polar surface area (TPSA) is 26.3 Å². The zero-order valence-electron chi connectivity index (χ0n) is 7.00. The van der Waals surface area contributed by atoms with E-state index < -0.39 is 0 Å². The summed E-state index contributed by atoms with van der Waals surface area (Å²) in [6, 6.07) is 5.31. The molecule has 0 spiro atoms. The van der Waals surface area contributed by atoms with Gasteiger partial charge in [0.25, 0.3) is 0 Å². The number of Topliss-reactive ketones (excluding diaryl/α,β-unsaturated/α-hetero) is 1. The minimum atomic E-state index is -0.0301. The molecule has 12 heavy (non-hydrogen) atoms. The summed E-state index contributed by atoms with van der Waals surface area (Å²) in [6.45, 7) is 1.50. The number of carbonyl (C=O) groups excluding carboxylic acids is 1. The molecule has 0 saturated carbocycles. The van der Waals surface area contributed by atoms with Gasteiger partial charge in [-0.25, -0.2) is 0 Å². The highest BCUT2D eigenvalue weighted by Gasteiger charge is 2.10. The fourth-order valence-corrected chi connectivity index (χ4v) is 1.40. The van der Waals surface area contributed by atoms with E-state index >= 15 is 0 Å². The summed E-state index contributed by atoms with van der Waals surface area (Å²) < 4.78 is 5.02. The van der Waals surface area contributed by atoms with Crippen molar-refractivity contribution in [3.8, 4) is 5.75 Å². The Bertz CT molecular complexity index is 307. The molecule has 0 bridgehead atoms. The molecule has 0 heterocycles. The van der Waals surface area contributed by atoms with Gasteiger partial charge in [-0.1, -0.05) is 6.07 Å². The van der Waals surface area contributed by atoms with Gasteiger partial charge in [-0.15, -0.1) is 12.6 Å². The van der Waals surface area contributed by atoms with Crippen LogP contribution in [0.5, 0.6) is 5.75 Å². The number of benzene rings is 1. The summed E-state index contributed by atoms with van der Waals surface area (Å²) in [7, 11) is 1.54. The summed E-state index contributed by atoms with van der Waals surface area (Å²) in [5.41, 5.74) is 0.545. The molecular formula is C9H10O2S. The van der Waals surface area contributed by atoms with Crippen LogP contribution in [0, 0.1) is 0 Å². The Morgan fingerprint density at radius 2 is 2.17 bits per heavy atom. The number of ether oxygens (including phenoxy) is 1. The molecule has 1 rings (SSSR count). The highest BCUT2D eigenvalue weighted by Crippen LogP contribution is 2.24. The largest absolute Gasteiger partial charge is 0.496 e. The van der Waals surface area contributed by atoms with Crippen molar-refractivity contribution in [1.82, 2.24) is 0 Å². The second kappa shape index (κ2) is 3.63. The molecule has 2 nitrogen and oxygen atoms in total. The normalized spacial score (nSPS) is 9.58. The lowest BCUT2D eigenvalue weighted by atomic mass is 10.1. The van der Waals surface area contributed by atoms with E-state index in [4.69, 9.17) is 4.74 Å². The smallest absolute Gasteiger partial charge is 0.164 e. The zero-order valence-corrected chi connectivity index (χ0v) is 7.89. The Morgan fingerprint density at radius 1 is 1.50 bits per heavy atom. The monoisotopic (exact) mass is 182 g/mol. The van der Waals surface area contributed by atoms with E-state index in [0.29, 0.717) is 16.2 Å². The van der Waals surface area contributed by atoms with Gasteiger partial charge in [-0.3, -0.25) is 4.79 Å². The summed E-state index contributed by atoms with van der Waals surface area (Å²) in [4.78, 5) is 11.8. The summed E-state index contributed by atoms with van der Waals surface area (Å²) in [5, 5.41) is 0. The van der Waals surface area contributed by atoms with Crippen LogP contribution in [-0.2, 0) is 0 Å². The van der Waals surface area contributed by atoms with Gasteiger partial charge in [0.15, 0.2) is 5.78 Å². The van der Waals surface area contributed by atoms with Crippen LogP contribution in [0.2, 0.25) is 0 Å². The number of hydrogen-bond donors (Lipinski definition) is 1. The molecule has 0 atom stereocenters. The van der Waals surface area contributed by atoms with Crippen molar-refractivity contribution in [3.63, 3.8) is 0 Å². The van der Waals surface area contributed by atoms with Crippen molar-refractivity contribution < 1.29 is 9.53 Å². The van der Waals surface area contributed by atoms with Crippen molar-refractivity contribution in [3.05, 3.63) is 23.8 Å². The number of hydrogen-bond acceptors (Lipinski definition) is 3. The Kier molecular flexibility index (Phi) is 2.76. The molecule has 0 N–H and O–H groups in total. The van der Waals surface area contributed by atoms with Gasteiger partial charge in [0.2, 0.25) is 0 Å². The van der Waals surface area contributed by atoms with E-state index in [9.17, 15) is 4.79 Å². The second-order valence-corrected chi connectivity index (χ2v) is 2.89. The van der Waals surface area contributed by atoms with Crippen molar-refractivity contribution in [2.24, 2.45) is 0 Å². The van der Waals surface area contributed by atoms with Gasteiger partial charge in [0.1, 0.15) is 5.75 Å². The van der Waals surface area contributed by atoms with Crippen LogP contribution in [0.3, 0.4) is 0 Å². The first-order valence-corrected chi connectivity index (χ1v) is 3.98. The van der Waals surface area contributed by atoms with Crippen LogP contribution < -0.4 is 4.74 Å². The molecule has 1 aromatic carbocycles. The van der Waals surface area contributed by atoms with E-state index in [0.717, 1.165) is 0 Å². The van der Waals surface area contributed by atoms with E-state index in [-0.39, 0.29) is 5.78 Å². The zero-order chi connectivity index (χ0) is 9.14. The van der Waals surface area contributed by atoms with Gasteiger partial charge in [0.05, 0.1) is 12.7 Å². The number of carbonyl (C=O) groups is 1. The second-order valence-electron chi connectivity index (χ2n) is 2.41. The van der Waals surface area contributed by atoms with Gasteiger partial charge < -0.3 is 4.74 Å². The third-order valence-electron chi connectivity index (χ3n) is 1.58. The number of thiol groups is 1. The van der Waals surface area contributed by atoms with Crippen LogP contribution in [0.15, 0.2) is 23.1 Å². The Hall–Kier alpha value is -0.960. The van der Waals surface area contributed by atoms with Crippen molar-refractivity contribution in [2.45, 2.75) is 11.8 Å². The lowest BCUT2D eigenvalue weighted by Crippen LogP contribution is -1.98. The van der Waals surface area contributed by atoms with Crippen LogP contribution >= 0.6 is 12.6 Å². The first-order chi connectivity index (χ1) is 5.66. The van der Waals surface area contributed by atoms with E-state index in [1.54, 1.807) is 18.2 Å². The molecule has 0 aliphatic carbocycles. The molecule has 0 aromatic heterocycles. The molecular weight excluding hydrogens is 172 g/mol. The number of rotatable bonds is 2. The summed E-state index contributed by atoms with van der Waals surface area (Å²) >= 11 is 4.16. The quantitative estimate of drug-likeness (QED) is 0.560. The SMILES string of the molecule is COc1cccc(S)c1C(C)=O. The minimum absolute atomic E-state index is 0.0301. The summed E-state index contributed by atoms with van der Waals surface area (Å²) in [5.74, 6) is 0.549. The minimum Gasteiger partial charge on any atom is -0.496 e. The maximum atomic E-state index is 11.1. The standard InChI is InChI=1S/C9H10O2S/c1-6(10)9-7(11-2)4-3-5-8(9)12/h3-5,12H,1-2H3. The highest BCUT2D eigenvalue weighted by molar-refractivity contribution is 7.80. The third-order valence-corrected chi connectivity index (χ3v) is 1.95. The van der Waals surface area contributed by atoms with Crippen LogP contribution in [-0.4, -0.2) is 12.9 Å². The molecule has 0 radical (unpaired) electrons. The average molecular weight is 182 g/mol. The number of methoxy groups -OCH3 is 1. The van der Waals surface area contributed by atoms with Gasteiger partial charge in [-0.05, 0) is 19.1 Å². The van der Waals surface area contributed by atoms with Crippen molar-refractivity contribution in [1.29, 1.82) is 0 Å².